The number of anilines is 1. The highest BCUT2D eigenvalue weighted by Crippen LogP contribution is 2.66. The van der Waals surface area contributed by atoms with Gasteiger partial charge in [0.1, 0.15) is 11.6 Å². The van der Waals surface area contributed by atoms with E-state index in [4.69, 9.17) is 4.74 Å². The first kappa shape index (κ1) is 29.0. The third-order valence-electron chi connectivity index (χ3n) is 9.02. The van der Waals surface area contributed by atoms with Crippen LogP contribution in [0, 0.1) is 17.8 Å². The van der Waals surface area contributed by atoms with Crippen LogP contribution >= 0.6 is 0 Å². The molecule has 7 atom stereocenters. The number of para-hydroxylation sites is 1. The molecule has 1 aromatic rings. The maximum Gasteiger partial charge on any atom is 0.249 e. The molecule has 39 heavy (non-hydrogen) atoms. The molecule has 0 saturated carbocycles. The van der Waals surface area contributed by atoms with Crippen LogP contribution in [0.1, 0.15) is 48.0 Å². The molecule has 0 aliphatic carbocycles. The number of ether oxygens (including phenoxy) is 1. The molecule has 3 fully saturated rings. The number of nitrogens with zero attached hydrogens (tertiary/aromatic N) is 3. The lowest BCUT2D eigenvalue weighted by molar-refractivity contribution is -0.158. The zero-order valence-corrected chi connectivity index (χ0v) is 24.1. The van der Waals surface area contributed by atoms with Crippen molar-refractivity contribution in [1.82, 2.24) is 9.80 Å². The summed E-state index contributed by atoms with van der Waals surface area (Å²) in [4.78, 5) is 48.1. The summed E-state index contributed by atoms with van der Waals surface area (Å²) in [7, 11) is 0. The van der Waals surface area contributed by atoms with E-state index in [1.54, 1.807) is 28.9 Å². The zero-order valence-electron chi connectivity index (χ0n) is 24.1. The smallest absolute Gasteiger partial charge is 0.249 e. The van der Waals surface area contributed by atoms with E-state index in [0.717, 1.165) is 0 Å². The number of hydrogen-bond acceptors (Lipinski definition) is 5. The van der Waals surface area contributed by atoms with Crippen LogP contribution in [-0.2, 0) is 19.1 Å². The highest BCUT2D eigenvalue weighted by molar-refractivity contribution is 6.03. The molecule has 8 nitrogen and oxygen atoms in total. The number of benzene rings is 1. The molecule has 2 bridgehead atoms. The summed E-state index contributed by atoms with van der Waals surface area (Å²) in [5, 5.41) is 10.2. The molecule has 1 spiro atoms. The van der Waals surface area contributed by atoms with Crippen molar-refractivity contribution in [1.29, 1.82) is 0 Å². The van der Waals surface area contributed by atoms with Crippen LogP contribution in [0.15, 0.2) is 55.6 Å². The SMILES string of the molecule is C=CCN(C(=O)[C@H]1[C@H]2C(=O)N([C@H](C)CO)C(C(=O)N(CC=C)C(C)(C)C)C23CC(C)[C@]1(C)O3)c1ccccc1. The van der Waals surface area contributed by atoms with Gasteiger partial charge in [0.25, 0.3) is 0 Å². The number of likely N-dealkylation sites (tertiary alicyclic amines) is 1. The van der Waals surface area contributed by atoms with Gasteiger partial charge in [-0.2, -0.15) is 0 Å². The Morgan fingerprint density at radius 3 is 2.33 bits per heavy atom. The van der Waals surface area contributed by atoms with Gasteiger partial charge < -0.3 is 24.5 Å². The van der Waals surface area contributed by atoms with E-state index in [-0.39, 0.29) is 36.8 Å². The first-order valence-electron chi connectivity index (χ1n) is 13.8. The summed E-state index contributed by atoms with van der Waals surface area (Å²) in [5.41, 5.74) is -1.97. The topological polar surface area (TPSA) is 90.4 Å². The molecule has 3 aliphatic heterocycles. The van der Waals surface area contributed by atoms with Crippen LogP contribution in [0.4, 0.5) is 5.69 Å². The lowest BCUT2D eigenvalue weighted by Gasteiger charge is -2.43. The van der Waals surface area contributed by atoms with Crippen molar-refractivity contribution in [2.45, 2.75) is 76.8 Å². The largest absolute Gasteiger partial charge is 0.394 e. The Balaban J connectivity index is 1.87. The average molecular weight is 538 g/mol. The third-order valence-corrected chi connectivity index (χ3v) is 9.02. The number of aliphatic hydroxyl groups excluding tert-OH is 1. The Morgan fingerprint density at radius 1 is 1.18 bits per heavy atom. The standard InChI is InChI=1S/C31H43N3O5/c1-9-16-32(22-14-12-11-13-15-22)26(36)23-24-27(37)34(21(4)19-35)25(28(38)33(17-10-2)29(5,6)7)31(24)18-20(3)30(23,8)39-31/h9-15,20-21,23-25,35H,1-2,16-19H2,3-8H3/t20?,21-,23-,24+,25?,30+,31?/m1/s1. The van der Waals surface area contributed by atoms with Crippen molar-refractivity contribution in [2.75, 3.05) is 24.6 Å². The fourth-order valence-electron chi connectivity index (χ4n) is 7.09. The highest BCUT2D eigenvalue weighted by atomic mass is 16.5. The van der Waals surface area contributed by atoms with Crippen LogP contribution in [0.25, 0.3) is 0 Å². The van der Waals surface area contributed by atoms with Crippen LogP contribution < -0.4 is 4.90 Å². The molecule has 8 heteroatoms. The summed E-state index contributed by atoms with van der Waals surface area (Å²) in [6.07, 6.45) is 3.80. The van der Waals surface area contributed by atoms with Crippen LogP contribution in [0.3, 0.4) is 0 Å². The quantitative estimate of drug-likeness (QED) is 0.488. The van der Waals surface area contributed by atoms with E-state index in [2.05, 4.69) is 13.2 Å². The second-order valence-electron chi connectivity index (χ2n) is 12.5. The number of carbonyl (C=O) groups excluding carboxylic acids is 3. The van der Waals surface area contributed by atoms with Gasteiger partial charge in [-0.1, -0.05) is 37.3 Å². The maximum absolute atomic E-state index is 14.4. The average Bonchev–Trinajstić information content (AvgIpc) is 3.41. The molecule has 3 heterocycles. The minimum Gasteiger partial charge on any atom is -0.394 e. The van der Waals surface area contributed by atoms with Crippen LogP contribution in [0.5, 0.6) is 0 Å². The third kappa shape index (κ3) is 4.32. The number of aliphatic hydroxyl groups is 1. The Bertz CT molecular complexity index is 1150. The first-order valence-corrected chi connectivity index (χ1v) is 13.8. The Morgan fingerprint density at radius 2 is 1.79 bits per heavy atom. The molecular formula is C31H43N3O5. The fraction of sp³-hybridized carbons (Fsp3) is 0.581. The van der Waals surface area contributed by atoms with Crippen molar-refractivity contribution in [3.63, 3.8) is 0 Å². The number of fused-ring (bicyclic) bond motifs is 1. The number of amides is 3. The summed E-state index contributed by atoms with van der Waals surface area (Å²) in [5.74, 6) is -2.53. The predicted molar refractivity (Wildman–Crippen MR) is 151 cm³/mol. The monoisotopic (exact) mass is 537 g/mol. The first-order chi connectivity index (χ1) is 18.3. The lowest BCUT2D eigenvalue weighted by Crippen LogP contribution is -2.61. The van der Waals surface area contributed by atoms with Gasteiger partial charge in [0, 0.05) is 24.3 Å². The van der Waals surface area contributed by atoms with Crippen LogP contribution in [0.2, 0.25) is 0 Å². The molecular weight excluding hydrogens is 494 g/mol. The van der Waals surface area contributed by atoms with E-state index in [1.807, 2.05) is 65.0 Å². The van der Waals surface area contributed by atoms with Crippen molar-refractivity contribution in [3.05, 3.63) is 55.6 Å². The number of hydrogen-bond donors (Lipinski definition) is 1. The van der Waals surface area contributed by atoms with Gasteiger partial charge >= 0.3 is 0 Å². The molecule has 3 aliphatic rings. The second-order valence-corrected chi connectivity index (χ2v) is 12.5. The fourth-order valence-corrected chi connectivity index (χ4v) is 7.09. The molecule has 0 radical (unpaired) electrons. The Hall–Kier alpha value is -2.97. The molecule has 1 N–H and O–H groups in total. The summed E-state index contributed by atoms with van der Waals surface area (Å²) in [6.45, 7) is 19.4. The van der Waals surface area contributed by atoms with E-state index >= 15 is 0 Å². The summed E-state index contributed by atoms with van der Waals surface area (Å²) >= 11 is 0. The highest BCUT2D eigenvalue weighted by Gasteiger charge is 2.80. The van der Waals surface area contributed by atoms with Gasteiger partial charge in [0.2, 0.25) is 17.7 Å². The predicted octanol–water partition coefficient (Wildman–Crippen LogP) is 3.41. The summed E-state index contributed by atoms with van der Waals surface area (Å²) < 4.78 is 6.86. The summed E-state index contributed by atoms with van der Waals surface area (Å²) in [6, 6.07) is 7.73. The van der Waals surface area contributed by atoms with Gasteiger partial charge in [-0.05, 0) is 59.1 Å². The van der Waals surface area contributed by atoms with E-state index in [0.29, 0.717) is 18.7 Å². The lowest BCUT2D eigenvalue weighted by atomic mass is 9.62. The molecule has 3 amide bonds. The minimum atomic E-state index is -1.19. The van der Waals surface area contributed by atoms with Gasteiger partial charge in [0.05, 0.1) is 30.1 Å². The van der Waals surface area contributed by atoms with Crippen LogP contribution in [-0.4, -0.2) is 81.1 Å². The zero-order chi connectivity index (χ0) is 28.9. The van der Waals surface area contributed by atoms with E-state index in [1.165, 1.54) is 4.90 Å². The van der Waals surface area contributed by atoms with Crippen molar-refractivity contribution in [2.24, 2.45) is 17.8 Å². The molecule has 0 aromatic heterocycles. The maximum atomic E-state index is 14.4. The second kappa shape index (κ2) is 10.2. The number of carbonyl (C=O) groups is 3. The van der Waals surface area contributed by atoms with Gasteiger partial charge in [-0.15, -0.1) is 13.2 Å². The number of rotatable bonds is 9. The van der Waals surface area contributed by atoms with Gasteiger partial charge in [0.15, 0.2) is 0 Å². The van der Waals surface area contributed by atoms with Crippen molar-refractivity contribution >= 4 is 23.4 Å². The molecule has 1 aromatic carbocycles. The van der Waals surface area contributed by atoms with Gasteiger partial charge in [-0.25, -0.2) is 0 Å². The molecule has 3 saturated heterocycles. The molecule has 3 unspecified atom stereocenters. The van der Waals surface area contributed by atoms with Crippen molar-refractivity contribution in [3.8, 4) is 0 Å². The van der Waals surface area contributed by atoms with E-state index in [9.17, 15) is 19.5 Å². The Kier molecular flexibility index (Phi) is 7.60. The normalized spacial score (nSPS) is 32.1. The van der Waals surface area contributed by atoms with Crippen molar-refractivity contribution < 1.29 is 24.2 Å². The molecule has 4 rings (SSSR count). The minimum absolute atomic E-state index is 0.0842. The molecule has 212 valence electrons. The van der Waals surface area contributed by atoms with Gasteiger partial charge in [-0.3, -0.25) is 14.4 Å². The Labute approximate surface area is 232 Å². The van der Waals surface area contributed by atoms with E-state index < -0.39 is 40.7 Å².